The molecule has 9 heteroatoms. The molecule has 0 saturated heterocycles. The van der Waals surface area contributed by atoms with Gasteiger partial charge >= 0.3 is 0 Å². The van der Waals surface area contributed by atoms with Crippen LogP contribution in [0.2, 0.25) is 0 Å². The quantitative estimate of drug-likeness (QED) is 0.327. The van der Waals surface area contributed by atoms with E-state index in [9.17, 15) is 13.2 Å². The van der Waals surface area contributed by atoms with Gasteiger partial charge in [-0.05, 0) is 54.8 Å². The van der Waals surface area contributed by atoms with Gasteiger partial charge in [0.1, 0.15) is 11.6 Å². The van der Waals surface area contributed by atoms with Crippen molar-refractivity contribution >= 4 is 32.7 Å². The second kappa shape index (κ2) is 9.79. The molecule has 0 spiro atoms. The van der Waals surface area contributed by atoms with E-state index in [1.807, 2.05) is 38.1 Å². The van der Waals surface area contributed by atoms with E-state index >= 15 is 0 Å². The molecule has 182 valence electrons. The van der Waals surface area contributed by atoms with Gasteiger partial charge in [-0.15, -0.1) is 0 Å². The number of hydrogen-bond acceptors (Lipinski definition) is 5. The normalized spacial score (nSPS) is 12.5. The fourth-order valence-corrected chi connectivity index (χ4v) is 5.20. The highest BCUT2D eigenvalue weighted by Gasteiger charge is 2.25. The molecule has 0 bridgehead atoms. The average molecular weight is 493 g/mol. The maximum atomic E-state index is 13.2. The summed E-state index contributed by atoms with van der Waals surface area (Å²) in [4.78, 5) is 21.1. The van der Waals surface area contributed by atoms with Gasteiger partial charge in [-0.1, -0.05) is 44.2 Å². The summed E-state index contributed by atoms with van der Waals surface area (Å²) in [6, 6.07) is 18.6. The van der Waals surface area contributed by atoms with Crippen molar-refractivity contribution in [2.75, 3.05) is 11.8 Å². The van der Waals surface area contributed by atoms with E-state index in [1.54, 1.807) is 43.3 Å². The van der Waals surface area contributed by atoms with Gasteiger partial charge in [0, 0.05) is 5.56 Å². The lowest BCUT2D eigenvalue weighted by Gasteiger charge is -2.21. The molecule has 1 atom stereocenters. The fraction of sp³-hybridized carbons (Fsp3) is 0.231. The number of benzene rings is 3. The predicted molar refractivity (Wildman–Crippen MR) is 136 cm³/mol. The number of para-hydroxylation sites is 4. The number of hydrogen-bond donors (Lipinski definition) is 3. The van der Waals surface area contributed by atoms with Crippen molar-refractivity contribution in [1.29, 1.82) is 0 Å². The molecule has 3 aromatic carbocycles. The van der Waals surface area contributed by atoms with Crippen LogP contribution in [0.4, 0.5) is 5.69 Å². The first-order chi connectivity index (χ1) is 16.7. The molecular formula is C26H28N4O4S. The highest BCUT2D eigenvalue weighted by atomic mass is 32.2. The molecule has 0 radical (unpaired) electrons. The van der Waals surface area contributed by atoms with Gasteiger partial charge < -0.3 is 15.0 Å². The molecule has 0 aliphatic heterocycles. The van der Waals surface area contributed by atoms with E-state index in [2.05, 4.69) is 20.0 Å². The molecule has 1 aromatic heterocycles. The fourth-order valence-electron chi connectivity index (χ4n) is 3.85. The third-order valence-electron chi connectivity index (χ3n) is 5.75. The van der Waals surface area contributed by atoms with E-state index < -0.39 is 15.9 Å². The number of carbonyl (C=O) groups excluding carboxylic acids is 1. The molecule has 0 saturated carbocycles. The Morgan fingerprint density at radius 2 is 1.74 bits per heavy atom. The van der Waals surface area contributed by atoms with Gasteiger partial charge in [0.15, 0.2) is 0 Å². The molecule has 1 unspecified atom stereocenters. The summed E-state index contributed by atoms with van der Waals surface area (Å²) < 4.78 is 34.2. The van der Waals surface area contributed by atoms with Crippen LogP contribution in [0.15, 0.2) is 71.6 Å². The number of aryl methyl sites for hydroxylation is 1. The van der Waals surface area contributed by atoms with E-state index in [0.717, 1.165) is 11.0 Å². The number of aromatic nitrogens is 2. The molecule has 3 N–H and O–H groups in total. The number of nitrogens with one attached hydrogen (secondary N) is 3. The molecule has 0 aliphatic rings. The van der Waals surface area contributed by atoms with E-state index in [-0.39, 0.29) is 22.4 Å². The third-order valence-corrected chi connectivity index (χ3v) is 7.25. The van der Waals surface area contributed by atoms with Crippen LogP contribution in [-0.2, 0) is 10.0 Å². The Morgan fingerprint density at radius 3 is 2.46 bits per heavy atom. The standard InChI is InChI=1S/C26H28N4O4S/c1-16(2)24(25-27-19-9-5-6-10-20(19)28-25)29-26(31)18-14-13-17(3)23(15-18)35(32,33)30-21-11-7-8-12-22(21)34-4/h5-16,24,30H,1-4H3,(H,27,28)(H,29,31). The number of sulfonamides is 1. The summed E-state index contributed by atoms with van der Waals surface area (Å²) in [6.07, 6.45) is 0. The van der Waals surface area contributed by atoms with Crippen LogP contribution in [-0.4, -0.2) is 31.4 Å². The second-order valence-corrected chi connectivity index (χ2v) is 10.3. The maximum Gasteiger partial charge on any atom is 0.262 e. The molecule has 4 rings (SSSR count). The first-order valence-electron chi connectivity index (χ1n) is 11.2. The molecular weight excluding hydrogens is 464 g/mol. The van der Waals surface area contributed by atoms with Crippen molar-refractivity contribution in [2.45, 2.75) is 31.7 Å². The summed E-state index contributed by atoms with van der Waals surface area (Å²) in [7, 11) is -2.51. The Hall–Kier alpha value is -3.85. The number of rotatable bonds is 8. The Labute approximate surface area is 204 Å². The van der Waals surface area contributed by atoms with Gasteiger partial charge in [-0.25, -0.2) is 13.4 Å². The second-order valence-electron chi connectivity index (χ2n) is 8.62. The summed E-state index contributed by atoms with van der Waals surface area (Å²) in [5, 5.41) is 3.01. The van der Waals surface area contributed by atoms with Crippen molar-refractivity contribution in [3.8, 4) is 5.75 Å². The van der Waals surface area contributed by atoms with Crippen molar-refractivity contribution in [2.24, 2.45) is 5.92 Å². The molecule has 8 nitrogen and oxygen atoms in total. The number of aromatic amines is 1. The van der Waals surface area contributed by atoms with Crippen LogP contribution in [0.3, 0.4) is 0 Å². The number of amides is 1. The number of imidazole rings is 1. The molecule has 0 fully saturated rings. The molecule has 35 heavy (non-hydrogen) atoms. The number of ether oxygens (including phenoxy) is 1. The van der Waals surface area contributed by atoms with E-state index in [0.29, 0.717) is 22.8 Å². The minimum atomic E-state index is -3.98. The highest BCUT2D eigenvalue weighted by Crippen LogP contribution is 2.28. The lowest BCUT2D eigenvalue weighted by molar-refractivity contribution is 0.0923. The lowest BCUT2D eigenvalue weighted by Crippen LogP contribution is -2.32. The van der Waals surface area contributed by atoms with E-state index in [1.165, 1.54) is 13.2 Å². The monoisotopic (exact) mass is 492 g/mol. The average Bonchev–Trinajstić information content (AvgIpc) is 3.26. The Kier molecular flexibility index (Phi) is 6.79. The molecule has 4 aromatic rings. The van der Waals surface area contributed by atoms with Crippen LogP contribution < -0.4 is 14.8 Å². The van der Waals surface area contributed by atoms with Gasteiger partial charge in [0.05, 0.1) is 34.8 Å². The number of methoxy groups -OCH3 is 1. The summed E-state index contributed by atoms with van der Waals surface area (Å²) >= 11 is 0. The zero-order valence-corrected chi connectivity index (χ0v) is 20.8. The number of anilines is 1. The third kappa shape index (κ3) is 5.14. The number of H-pyrrole nitrogens is 1. The van der Waals surface area contributed by atoms with Crippen LogP contribution in [0.25, 0.3) is 11.0 Å². The molecule has 0 aliphatic carbocycles. The van der Waals surface area contributed by atoms with Gasteiger partial charge in [0.25, 0.3) is 15.9 Å². The Balaban J connectivity index is 1.62. The SMILES string of the molecule is COc1ccccc1NS(=O)(=O)c1cc(C(=O)NC(c2nc3ccccc3[nH]2)C(C)C)ccc1C. The van der Waals surface area contributed by atoms with Crippen LogP contribution >= 0.6 is 0 Å². The Bertz CT molecular complexity index is 1440. The van der Waals surface area contributed by atoms with Crippen molar-refractivity contribution < 1.29 is 17.9 Å². The largest absolute Gasteiger partial charge is 0.495 e. The number of fused-ring (bicyclic) bond motifs is 1. The van der Waals surface area contributed by atoms with Crippen molar-refractivity contribution in [3.63, 3.8) is 0 Å². The summed E-state index contributed by atoms with van der Waals surface area (Å²) in [6.45, 7) is 5.66. The zero-order chi connectivity index (χ0) is 25.2. The summed E-state index contributed by atoms with van der Waals surface area (Å²) in [5.41, 5.74) is 2.76. The maximum absolute atomic E-state index is 13.2. The topological polar surface area (TPSA) is 113 Å². The smallest absolute Gasteiger partial charge is 0.262 e. The van der Waals surface area contributed by atoms with Crippen LogP contribution in [0, 0.1) is 12.8 Å². The van der Waals surface area contributed by atoms with Crippen LogP contribution in [0.1, 0.15) is 41.6 Å². The van der Waals surface area contributed by atoms with Gasteiger partial charge in [0.2, 0.25) is 0 Å². The van der Waals surface area contributed by atoms with Crippen molar-refractivity contribution in [1.82, 2.24) is 15.3 Å². The minimum Gasteiger partial charge on any atom is -0.495 e. The zero-order valence-electron chi connectivity index (χ0n) is 20.0. The van der Waals surface area contributed by atoms with Gasteiger partial charge in [-0.3, -0.25) is 9.52 Å². The number of nitrogens with zero attached hydrogens (tertiary/aromatic N) is 1. The molecule has 1 heterocycles. The predicted octanol–water partition coefficient (Wildman–Crippen LogP) is 4.81. The highest BCUT2D eigenvalue weighted by molar-refractivity contribution is 7.92. The first-order valence-corrected chi connectivity index (χ1v) is 12.7. The summed E-state index contributed by atoms with van der Waals surface area (Å²) in [5.74, 6) is 0.693. The van der Waals surface area contributed by atoms with Crippen LogP contribution in [0.5, 0.6) is 5.75 Å². The minimum absolute atomic E-state index is 0.0147. The van der Waals surface area contributed by atoms with Gasteiger partial charge in [-0.2, -0.15) is 0 Å². The number of carbonyl (C=O) groups is 1. The van der Waals surface area contributed by atoms with Crippen molar-refractivity contribution in [3.05, 3.63) is 83.7 Å². The van der Waals surface area contributed by atoms with E-state index in [4.69, 9.17) is 4.74 Å². The first kappa shape index (κ1) is 24.3. The lowest BCUT2D eigenvalue weighted by atomic mass is 10.0. The molecule has 1 amide bonds. The Morgan fingerprint density at radius 1 is 1.03 bits per heavy atom.